The quantitative estimate of drug-likeness (QED) is 0.850. The molecule has 5 heteroatoms. The third kappa shape index (κ3) is 3.29. The molecule has 0 saturated carbocycles. The van der Waals surface area contributed by atoms with E-state index < -0.39 is 0 Å². The molecule has 1 aromatic carbocycles. The monoisotopic (exact) mass is 290 g/mol. The Morgan fingerprint density at radius 2 is 2.05 bits per heavy atom. The fourth-order valence-corrected chi connectivity index (χ4v) is 3.03. The summed E-state index contributed by atoms with van der Waals surface area (Å²) in [5.41, 5.74) is 8.61. The molecule has 1 amide bonds. The zero-order chi connectivity index (χ0) is 14.7. The van der Waals surface area contributed by atoms with Gasteiger partial charge in [-0.3, -0.25) is 4.79 Å². The number of carbonyl (C=O) groups excluding carboxylic acids is 1. The van der Waals surface area contributed by atoms with Crippen LogP contribution >= 0.6 is 0 Å². The smallest absolute Gasteiger partial charge is 0.222 e. The van der Waals surface area contributed by atoms with Crippen LogP contribution in [0.15, 0.2) is 12.1 Å². The van der Waals surface area contributed by atoms with Crippen LogP contribution in [-0.2, 0) is 22.7 Å². The Hall–Kier alpha value is -1.75. The Bertz CT molecular complexity index is 530. The minimum absolute atomic E-state index is 0.234. The topological polar surface area (TPSA) is 64.8 Å². The van der Waals surface area contributed by atoms with E-state index in [2.05, 4.69) is 0 Å². The maximum atomic E-state index is 12.3. The van der Waals surface area contributed by atoms with Crippen LogP contribution in [0.2, 0.25) is 0 Å². The van der Waals surface area contributed by atoms with E-state index in [1.807, 2.05) is 17.0 Å². The van der Waals surface area contributed by atoms with E-state index >= 15 is 0 Å². The molecule has 5 nitrogen and oxygen atoms in total. The second kappa shape index (κ2) is 6.35. The number of ether oxygens (including phenoxy) is 2. The van der Waals surface area contributed by atoms with Gasteiger partial charge in [-0.05, 0) is 25.0 Å². The lowest BCUT2D eigenvalue weighted by atomic mass is 10.0. The molecular formula is C16H22N2O3. The summed E-state index contributed by atoms with van der Waals surface area (Å²) >= 11 is 0. The molecule has 1 aromatic rings. The van der Waals surface area contributed by atoms with Crippen molar-refractivity contribution in [3.8, 4) is 5.75 Å². The van der Waals surface area contributed by atoms with Crippen LogP contribution in [0.3, 0.4) is 0 Å². The summed E-state index contributed by atoms with van der Waals surface area (Å²) in [6.07, 6.45) is 5.07. The second-order valence-electron chi connectivity index (χ2n) is 5.76. The van der Waals surface area contributed by atoms with E-state index in [-0.39, 0.29) is 12.7 Å². The molecule has 2 N–H and O–H groups in total. The third-order valence-electron chi connectivity index (χ3n) is 4.09. The molecule has 2 heterocycles. The van der Waals surface area contributed by atoms with Gasteiger partial charge in [-0.1, -0.05) is 12.8 Å². The van der Waals surface area contributed by atoms with Crippen LogP contribution in [0.4, 0.5) is 5.69 Å². The Labute approximate surface area is 125 Å². The predicted octanol–water partition coefficient (Wildman–Crippen LogP) is 2.43. The molecule has 2 aliphatic heterocycles. The molecule has 2 aliphatic rings. The van der Waals surface area contributed by atoms with Gasteiger partial charge in [-0.25, -0.2) is 0 Å². The SMILES string of the molecule is Nc1cc2c(c(CN3CCCCCCC3=O)c1)OCOC2. The summed E-state index contributed by atoms with van der Waals surface area (Å²) < 4.78 is 10.9. The lowest BCUT2D eigenvalue weighted by Gasteiger charge is -2.28. The van der Waals surface area contributed by atoms with Crippen molar-refractivity contribution < 1.29 is 14.3 Å². The number of likely N-dealkylation sites (tertiary alicyclic amines) is 1. The van der Waals surface area contributed by atoms with E-state index in [1.165, 1.54) is 6.42 Å². The maximum Gasteiger partial charge on any atom is 0.222 e. The Kier molecular flexibility index (Phi) is 4.29. The molecule has 0 aromatic heterocycles. The van der Waals surface area contributed by atoms with E-state index in [4.69, 9.17) is 15.2 Å². The number of amides is 1. The summed E-state index contributed by atoms with van der Waals surface area (Å²) in [5, 5.41) is 0. The van der Waals surface area contributed by atoms with Gasteiger partial charge >= 0.3 is 0 Å². The molecule has 3 rings (SSSR count). The fraction of sp³-hybridized carbons (Fsp3) is 0.562. The highest BCUT2D eigenvalue weighted by Crippen LogP contribution is 2.32. The first-order valence-corrected chi connectivity index (χ1v) is 7.63. The van der Waals surface area contributed by atoms with Crippen molar-refractivity contribution in [3.63, 3.8) is 0 Å². The minimum Gasteiger partial charge on any atom is -0.467 e. The number of anilines is 1. The standard InChI is InChI=1S/C16H22N2O3/c17-14-7-12(16-13(8-14)10-20-11-21-16)9-18-6-4-2-1-3-5-15(18)19/h7-8H,1-6,9-11,17H2. The van der Waals surface area contributed by atoms with Gasteiger partial charge in [0.1, 0.15) is 5.75 Å². The average molecular weight is 290 g/mol. The van der Waals surface area contributed by atoms with Crippen molar-refractivity contribution >= 4 is 11.6 Å². The molecule has 0 spiro atoms. The second-order valence-corrected chi connectivity index (χ2v) is 5.76. The summed E-state index contributed by atoms with van der Waals surface area (Å²) in [6, 6.07) is 3.80. The van der Waals surface area contributed by atoms with E-state index in [1.54, 1.807) is 0 Å². The van der Waals surface area contributed by atoms with E-state index in [0.717, 1.165) is 42.7 Å². The molecule has 0 atom stereocenters. The Balaban J connectivity index is 1.82. The highest BCUT2D eigenvalue weighted by atomic mass is 16.7. The number of rotatable bonds is 2. The van der Waals surface area contributed by atoms with E-state index in [9.17, 15) is 4.79 Å². The molecule has 1 saturated heterocycles. The molecule has 1 fully saturated rings. The lowest BCUT2D eigenvalue weighted by molar-refractivity contribution is -0.132. The number of carbonyl (C=O) groups is 1. The number of benzene rings is 1. The van der Waals surface area contributed by atoms with E-state index in [0.29, 0.717) is 25.3 Å². The zero-order valence-corrected chi connectivity index (χ0v) is 12.3. The lowest BCUT2D eigenvalue weighted by Crippen LogP contribution is -2.32. The maximum absolute atomic E-state index is 12.3. The summed E-state index contributed by atoms with van der Waals surface area (Å²) in [7, 11) is 0. The molecule has 0 radical (unpaired) electrons. The van der Waals surface area contributed by atoms with Gasteiger partial charge in [0.2, 0.25) is 5.91 Å². The van der Waals surface area contributed by atoms with Crippen molar-refractivity contribution in [2.24, 2.45) is 0 Å². The van der Waals surface area contributed by atoms with Crippen LogP contribution in [0.1, 0.15) is 43.2 Å². The molecule has 114 valence electrons. The van der Waals surface area contributed by atoms with Crippen LogP contribution in [-0.4, -0.2) is 24.1 Å². The first-order chi connectivity index (χ1) is 10.2. The van der Waals surface area contributed by atoms with Crippen LogP contribution < -0.4 is 10.5 Å². The first-order valence-electron chi connectivity index (χ1n) is 7.63. The van der Waals surface area contributed by atoms with Crippen LogP contribution in [0.5, 0.6) is 5.75 Å². The van der Waals surface area contributed by atoms with Gasteiger partial charge in [-0.2, -0.15) is 0 Å². The number of fused-ring (bicyclic) bond motifs is 1. The number of nitrogens with two attached hydrogens (primary N) is 1. The normalized spacial score (nSPS) is 19.4. The molecule has 21 heavy (non-hydrogen) atoms. The van der Waals surface area contributed by atoms with Gasteiger partial charge in [0.05, 0.1) is 6.61 Å². The largest absolute Gasteiger partial charge is 0.467 e. The van der Waals surface area contributed by atoms with Crippen molar-refractivity contribution in [1.29, 1.82) is 0 Å². The highest BCUT2D eigenvalue weighted by molar-refractivity contribution is 5.76. The number of nitrogen functional groups attached to an aromatic ring is 1. The summed E-state index contributed by atoms with van der Waals surface area (Å²) in [6.45, 7) is 2.17. The van der Waals surface area contributed by atoms with Crippen molar-refractivity contribution in [2.75, 3.05) is 19.1 Å². The minimum atomic E-state index is 0.234. The van der Waals surface area contributed by atoms with Crippen molar-refractivity contribution in [3.05, 3.63) is 23.3 Å². The molecule has 0 aliphatic carbocycles. The number of hydrogen-bond acceptors (Lipinski definition) is 4. The third-order valence-corrected chi connectivity index (χ3v) is 4.09. The zero-order valence-electron chi connectivity index (χ0n) is 12.3. The average Bonchev–Trinajstić information content (AvgIpc) is 2.46. The predicted molar refractivity (Wildman–Crippen MR) is 79.6 cm³/mol. The summed E-state index contributed by atoms with van der Waals surface area (Å²) in [4.78, 5) is 14.2. The van der Waals surface area contributed by atoms with Gasteiger partial charge in [0, 0.05) is 36.3 Å². The number of hydrogen-bond donors (Lipinski definition) is 1. The van der Waals surface area contributed by atoms with Crippen LogP contribution in [0, 0.1) is 0 Å². The van der Waals surface area contributed by atoms with Gasteiger partial charge in [0.25, 0.3) is 0 Å². The Morgan fingerprint density at radius 1 is 1.19 bits per heavy atom. The summed E-state index contributed by atoms with van der Waals surface area (Å²) in [5.74, 6) is 1.07. The molecule has 0 unspecified atom stereocenters. The van der Waals surface area contributed by atoms with Gasteiger partial charge in [0.15, 0.2) is 6.79 Å². The molecule has 0 bridgehead atoms. The van der Waals surface area contributed by atoms with Gasteiger partial charge < -0.3 is 20.1 Å². The van der Waals surface area contributed by atoms with Gasteiger partial charge in [-0.15, -0.1) is 0 Å². The molecular weight excluding hydrogens is 268 g/mol. The Morgan fingerprint density at radius 3 is 2.95 bits per heavy atom. The first kappa shape index (κ1) is 14.2. The van der Waals surface area contributed by atoms with Crippen LogP contribution in [0.25, 0.3) is 0 Å². The highest BCUT2D eigenvalue weighted by Gasteiger charge is 2.21. The number of nitrogens with zero attached hydrogens (tertiary/aromatic N) is 1. The van der Waals surface area contributed by atoms with Crippen molar-refractivity contribution in [2.45, 2.75) is 45.3 Å². The fourth-order valence-electron chi connectivity index (χ4n) is 3.03. The van der Waals surface area contributed by atoms with Crippen molar-refractivity contribution in [1.82, 2.24) is 4.90 Å².